The lowest BCUT2D eigenvalue weighted by molar-refractivity contribution is 0.140. The lowest BCUT2D eigenvalue weighted by Gasteiger charge is -2.17. The van der Waals surface area contributed by atoms with Gasteiger partial charge in [-0.3, -0.25) is 4.90 Å². The summed E-state index contributed by atoms with van der Waals surface area (Å²) in [5.41, 5.74) is 5.60. The van der Waals surface area contributed by atoms with Crippen LogP contribution in [0, 0.1) is 0 Å². The van der Waals surface area contributed by atoms with Crippen LogP contribution in [-0.4, -0.2) is 31.2 Å². The van der Waals surface area contributed by atoms with Gasteiger partial charge < -0.3 is 10.5 Å². The van der Waals surface area contributed by atoms with Crippen molar-refractivity contribution in [3.8, 4) is 0 Å². The average molecular weight is 226 g/mol. The largest absolute Gasteiger partial charge is 0.380 e. The fourth-order valence-corrected chi connectivity index (χ4v) is 2.73. The zero-order valence-corrected chi connectivity index (χ0v) is 9.76. The van der Waals surface area contributed by atoms with Crippen molar-refractivity contribution in [2.45, 2.75) is 19.5 Å². The Bertz CT molecular complexity index is 293. The molecular weight excluding hydrogens is 208 g/mol. The second-order valence-corrected chi connectivity index (χ2v) is 5.07. The molecule has 1 aromatic heterocycles. The number of nitrogens with zero attached hydrogens (tertiary/aromatic N) is 1. The van der Waals surface area contributed by atoms with Crippen molar-refractivity contribution in [2.24, 2.45) is 5.73 Å². The molecule has 3 nitrogen and oxygen atoms in total. The zero-order chi connectivity index (χ0) is 10.5. The minimum absolute atomic E-state index is 0.660. The predicted molar refractivity (Wildman–Crippen MR) is 62.9 cm³/mol. The molecule has 1 aromatic rings. The van der Waals surface area contributed by atoms with Crippen molar-refractivity contribution >= 4 is 11.3 Å². The molecule has 0 saturated carbocycles. The smallest absolute Gasteiger partial charge is 0.0593 e. The van der Waals surface area contributed by atoms with Crippen LogP contribution in [0.15, 0.2) is 12.1 Å². The predicted octanol–water partition coefficient (Wildman–Crippen LogP) is 1.43. The van der Waals surface area contributed by atoms with Gasteiger partial charge in [-0.1, -0.05) is 0 Å². The maximum absolute atomic E-state index is 5.60. The van der Waals surface area contributed by atoms with Crippen LogP contribution in [-0.2, 0) is 17.8 Å². The third kappa shape index (κ3) is 3.28. The van der Waals surface area contributed by atoms with Crippen molar-refractivity contribution in [3.05, 3.63) is 21.9 Å². The van der Waals surface area contributed by atoms with Gasteiger partial charge in [0.25, 0.3) is 0 Å². The van der Waals surface area contributed by atoms with Gasteiger partial charge >= 0.3 is 0 Å². The van der Waals surface area contributed by atoms with Crippen molar-refractivity contribution in [1.29, 1.82) is 0 Å². The van der Waals surface area contributed by atoms with Crippen molar-refractivity contribution in [3.63, 3.8) is 0 Å². The van der Waals surface area contributed by atoms with Crippen molar-refractivity contribution < 1.29 is 4.74 Å². The summed E-state index contributed by atoms with van der Waals surface area (Å²) < 4.78 is 5.43. The number of nitrogens with two attached hydrogens (primary N) is 1. The highest BCUT2D eigenvalue weighted by atomic mass is 32.1. The normalized spacial score (nSPS) is 19.0. The molecule has 0 bridgehead atoms. The number of ether oxygens (including phenoxy) is 1. The highest BCUT2D eigenvalue weighted by Crippen LogP contribution is 2.18. The van der Waals surface area contributed by atoms with Gasteiger partial charge in [0.15, 0.2) is 0 Å². The Kier molecular flexibility index (Phi) is 4.14. The molecule has 15 heavy (non-hydrogen) atoms. The first-order chi connectivity index (χ1) is 7.38. The second-order valence-electron chi connectivity index (χ2n) is 3.81. The molecule has 84 valence electrons. The van der Waals surface area contributed by atoms with E-state index in [4.69, 9.17) is 10.5 Å². The van der Waals surface area contributed by atoms with E-state index in [2.05, 4.69) is 17.0 Å². The van der Waals surface area contributed by atoms with E-state index in [0.29, 0.717) is 6.54 Å². The fourth-order valence-electron chi connectivity index (χ4n) is 1.79. The van der Waals surface area contributed by atoms with E-state index >= 15 is 0 Å². The summed E-state index contributed by atoms with van der Waals surface area (Å²) in [5.74, 6) is 0. The molecule has 0 amide bonds. The lowest BCUT2D eigenvalue weighted by Crippen LogP contribution is -2.25. The Morgan fingerprint density at radius 2 is 2.13 bits per heavy atom. The molecule has 2 N–H and O–H groups in total. The van der Waals surface area contributed by atoms with E-state index in [0.717, 1.165) is 39.3 Å². The van der Waals surface area contributed by atoms with Crippen LogP contribution in [0.25, 0.3) is 0 Å². The number of hydrogen-bond acceptors (Lipinski definition) is 4. The molecule has 0 atom stereocenters. The summed E-state index contributed by atoms with van der Waals surface area (Å²) in [6, 6.07) is 4.33. The maximum atomic E-state index is 5.60. The minimum Gasteiger partial charge on any atom is -0.380 e. The standard InChI is InChI=1S/C11H18N2OS/c12-8-10-2-3-11(15-10)9-13-4-1-6-14-7-5-13/h2-3H,1,4-9,12H2. The molecular formula is C11H18N2OS. The summed E-state index contributed by atoms with van der Waals surface area (Å²) in [7, 11) is 0. The van der Waals surface area contributed by atoms with Crippen LogP contribution >= 0.6 is 11.3 Å². The molecule has 2 heterocycles. The monoisotopic (exact) mass is 226 g/mol. The highest BCUT2D eigenvalue weighted by Gasteiger charge is 2.10. The second kappa shape index (κ2) is 5.61. The molecule has 1 aliphatic rings. The Morgan fingerprint density at radius 3 is 2.93 bits per heavy atom. The number of thiophene rings is 1. The fraction of sp³-hybridized carbons (Fsp3) is 0.636. The van der Waals surface area contributed by atoms with Gasteiger partial charge in [0.2, 0.25) is 0 Å². The first kappa shape index (κ1) is 11.1. The molecule has 1 aliphatic heterocycles. The first-order valence-electron chi connectivity index (χ1n) is 5.46. The molecule has 0 aliphatic carbocycles. The summed E-state index contributed by atoms with van der Waals surface area (Å²) in [6.07, 6.45) is 1.15. The molecule has 2 rings (SSSR count). The molecule has 1 saturated heterocycles. The Balaban J connectivity index is 1.89. The molecule has 4 heteroatoms. The first-order valence-corrected chi connectivity index (χ1v) is 6.28. The molecule has 0 aromatic carbocycles. The Morgan fingerprint density at radius 1 is 1.27 bits per heavy atom. The van der Waals surface area contributed by atoms with Gasteiger partial charge in [0, 0.05) is 42.5 Å². The van der Waals surface area contributed by atoms with Crippen LogP contribution in [0.5, 0.6) is 0 Å². The minimum atomic E-state index is 0.660. The van der Waals surface area contributed by atoms with Crippen LogP contribution in [0.2, 0.25) is 0 Å². The number of hydrogen-bond donors (Lipinski definition) is 1. The van der Waals surface area contributed by atoms with Crippen LogP contribution in [0.1, 0.15) is 16.2 Å². The van der Waals surface area contributed by atoms with E-state index in [-0.39, 0.29) is 0 Å². The summed E-state index contributed by atoms with van der Waals surface area (Å²) >= 11 is 1.83. The van der Waals surface area contributed by atoms with Crippen molar-refractivity contribution in [1.82, 2.24) is 4.90 Å². The Labute approximate surface area is 94.8 Å². The molecule has 0 spiro atoms. The highest BCUT2D eigenvalue weighted by molar-refractivity contribution is 7.11. The van der Waals surface area contributed by atoms with Gasteiger partial charge in [-0.2, -0.15) is 0 Å². The van der Waals surface area contributed by atoms with Crippen LogP contribution < -0.4 is 5.73 Å². The SMILES string of the molecule is NCc1ccc(CN2CCCOCC2)s1. The molecule has 0 unspecified atom stereocenters. The van der Waals surface area contributed by atoms with Crippen LogP contribution in [0.4, 0.5) is 0 Å². The molecule has 0 radical (unpaired) electrons. The lowest BCUT2D eigenvalue weighted by atomic mass is 10.3. The van der Waals surface area contributed by atoms with E-state index in [9.17, 15) is 0 Å². The Hall–Kier alpha value is -0.420. The summed E-state index contributed by atoms with van der Waals surface area (Å²) in [4.78, 5) is 5.15. The molecule has 1 fully saturated rings. The van der Waals surface area contributed by atoms with Gasteiger partial charge in [-0.25, -0.2) is 0 Å². The summed E-state index contributed by atoms with van der Waals surface area (Å²) in [5, 5.41) is 0. The zero-order valence-electron chi connectivity index (χ0n) is 8.95. The maximum Gasteiger partial charge on any atom is 0.0593 e. The van der Waals surface area contributed by atoms with Gasteiger partial charge in [-0.05, 0) is 18.6 Å². The number of rotatable bonds is 3. The van der Waals surface area contributed by atoms with Crippen molar-refractivity contribution in [2.75, 3.05) is 26.3 Å². The third-order valence-corrected chi connectivity index (χ3v) is 3.71. The van der Waals surface area contributed by atoms with Gasteiger partial charge in [0.05, 0.1) is 6.61 Å². The summed E-state index contributed by atoms with van der Waals surface area (Å²) in [6.45, 7) is 5.69. The third-order valence-electron chi connectivity index (χ3n) is 2.61. The van der Waals surface area contributed by atoms with E-state index in [1.807, 2.05) is 11.3 Å². The van der Waals surface area contributed by atoms with E-state index in [1.165, 1.54) is 9.75 Å². The van der Waals surface area contributed by atoms with E-state index in [1.54, 1.807) is 0 Å². The average Bonchev–Trinajstić information content (AvgIpc) is 2.54. The van der Waals surface area contributed by atoms with Crippen LogP contribution in [0.3, 0.4) is 0 Å². The topological polar surface area (TPSA) is 38.5 Å². The van der Waals surface area contributed by atoms with Gasteiger partial charge in [-0.15, -0.1) is 11.3 Å². The quantitative estimate of drug-likeness (QED) is 0.847. The van der Waals surface area contributed by atoms with E-state index < -0.39 is 0 Å². The van der Waals surface area contributed by atoms with Gasteiger partial charge in [0.1, 0.15) is 0 Å².